The van der Waals surface area contributed by atoms with E-state index < -0.39 is 24.2 Å². The molecule has 1 amide bonds. The van der Waals surface area contributed by atoms with Gasteiger partial charge in [-0.2, -0.15) is 5.10 Å². The van der Waals surface area contributed by atoms with Crippen LogP contribution in [0.2, 0.25) is 0 Å². The highest BCUT2D eigenvalue weighted by atomic mass is 19.3. The second kappa shape index (κ2) is 13.8. The summed E-state index contributed by atoms with van der Waals surface area (Å²) in [7, 11) is 0. The molecule has 0 spiro atoms. The molecule has 0 bridgehead atoms. The molecule has 1 aliphatic heterocycles. The van der Waals surface area contributed by atoms with Crippen LogP contribution in [-0.2, 0) is 4.79 Å². The molecule has 5 nitrogen and oxygen atoms in total. The number of nitrogens with one attached hydrogen (secondary N) is 2. The Kier molecular flexibility index (Phi) is 11.2. The second-order valence-corrected chi connectivity index (χ2v) is 9.32. The molecule has 0 aromatic carbocycles. The van der Waals surface area contributed by atoms with Crippen LogP contribution in [0.25, 0.3) is 6.08 Å². The fraction of sp³-hybridized carbons (Fsp3) is 0.433. The van der Waals surface area contributed by atoms with E-state index in [1.807, 2.05) is 26.0 Å². The maximum absolute atomic E-state index is 13.2. The van der Waals surface area contributed by atoms with Gasteiger partial charge >= 0.3 is 0 Å². The molecule has 200 valence electrons. The van der Waals surface area contributed by atoms with E-state index in [2.05, 4.69) is 73.3 Å². The van der Waals surface area contributed by atoms with E-state index in [9.17, 15) is 13.6 Å². The van der Waals surface area contributed by atoms with Crippen molar-refractivity contribution in [3.63, 3.8) is 0 Å². The molecule has 0 saturated heterocycles. The predicted octanol–water partition coefficient (Wildman–Crippen LogP) is 7.55. The molecule has 2 N–H and O–H groups in total. The van der Waals surface area contributed by atoms with Crippen molar-refractivity contribution in [3.8, 4) is 0 Å². The SMILES string of the molecule is C=C(\C=C(C)/C(=C\C)C(/C=C/CC)=C/c1cnc(NC(=O)C2CC2(F)F)cc1C)C1=NNCC1.CCC. The van der Waals surface area contributed by atoms with Crippen LogP contribution in [0.3, 0.4) is 0 Å². The van der Waals surface area contributed by atoms with Crippen LogP contribution < -0.4 is 10.7 Å². The molecule has 1 fully saturated rings. The molecule has 1 saturated carbocycles. The Labute approximate surface area is 220 Å². The lowest BCUT2D eigenvalue weighted by Crippen LogP contribution is -2.18. The van der Waals surface area contributed by atoms with Gasteiger partial charge in [-0.1, -0.05) is 58.1 Å². The Morgan fingerprint density at radius 2 is 2.00 bits per heavy atom. The van der Waals surface area contributed by atoms with Gasteiger partial charge in [-0.3, -0.25) is 4.79 Å². The third-order valence-electron chi connectivity index (χ3n) is 5.86. The average molecular weight is 511 g/mol. The number of hydrogen-bond acceptors (Lipinski definition) is 4. The van der Waals surface area contributed by atoms with Gasteiger partial charge in [0.15, 0.2) is 0 Å². The first kappa shape index (κ1) is 29.9. The topological polar surface area (TPSA) is 66.4 Å². The van der Waals surface area contributed by atoms with Crippen LogP contribution in [-0.4, -0.2) is 29.1 Å². The van der Waals surface area contributed by atoms with Gasteiger partial charge in [0, 0.05) is 25.6 Å². The van der Waals surface area contributed by atoms with Crippen LogP contribution in [0.15, 0.2) is 70.5 Å². The van der Waals surface area contributed by atoms with Crippen molar-refractivity contribution in [2.24, 2.45) is 11.0 Å². The van der Waals surface area contributed by atoms with Gasteiger partial charge in [-0.05, 0) is 72.8 Å². The number of pyridine rings is 1. The Morgan fingerprint density at radius 1 is 1.32 bits per heavy atom. The third-order valence-corrected chi connectivity index (χ3v) is 5.86. The van der Waals surface area contributed by atoms with Gasteiger partial charge in [0.25, 0.3) is 5.92 Å². The number of hydrogen-bond donors (Lipinski definition) is 2. The summed E-state index contributed by atoms with van der Waals surface area (Å²) in [6, 6.07) is 1.70. The van der Waals surface area contributed by atoms with Gasteiger partial charge in [0.2, 0.25) is 5.91 Å². The molecule has 0 radical (unpaired) electrons. The number of aromatic nitrogens is 1. The maximum Gasteiger partial charge on any atom is 0.260 e. The minimum absolute atomic E-state index is 0.276. The molecule has 37 heavy (non-hydrogen) atoms. The number of hydrazone groups is 1. The van der Waals surface area contributed by atoms with Crippen LogP contribution in [0, 0.1) is 12.8 Å². The largest absolute Gasteiger partial charge is 0.310 e. The molecule has 1 atom stereocenters. The molecule has 1 aliphatic carbocycles. The Bertz CT molecular complexity index is 1140. The van der Waals surface area contributed by atoms with E-state index in [0.29, 0.717) is 0 Å². The van der Waals surface area contributed by atoms with Gasteiger partial charge in [0.05, 0.1) is 5.71 Å². The number of halogens is 2. The quantitative estimate of drug-likeness (QED) is 0.337. The lowest BCUT2D eigenvalue weighted by molar-refractivity contribution is -0.119. The number of amides is 1. The Hall–Kier alpha value is -3.35. The molecule has 2 aliphatic rings. The highest BCUT2D eigenvalue weighted by molar-refractivity contribution is 6.03. The van der Waals surface area contributed by atoms with Crippen molar-refractivity contribution in [1.29, 1.82) is 0 Å². The maximum atomic E-state index is 13.2. The Morgan fingerprint density at radius 3 is 2.51 bits per heavy atom. The number of carbonyl (C=O) groups is 1. The van der Waals surface area contributed by atoms with E-state index in [-0.39, 0.29) is 5.82 Å². The summed E-state index contributed by atoms with van der Waals surface area (Å²) in [5, 5.41) is 6.80. The predicted molar refractivity (Wildman–Crippen MR) is 151 cm³/mol. The summed E-state index contributed by atoms with van der Waals surface area (Å²) in [6.45, 7) is 17.3. The lowest BCUT2D eigenvalue weighted by atomic mass is 9.93. The lowest BCUT2D eigenvalue weighted by Gasteiger charge is -2.13. The molecule has 1 unspecified atom stereocenters. The van der Waals surface area contributed by atoms with Crippen molar-refractivity contribution in [2.75, 3.05) is 11.9 Å². The van der Waals surface area contributed by atoms with Gasteiger partial charge in [-0.15, -0.1) is 0 Å². The summed E-state index contributed by atoms with van der Waals surface area (Å²) < 4.78 is 26.3. The average Bonchev–Trinajstić information content (AvgIpc) is 3.21. The van der Waals surface area contributed by atoms with E-state index in [0.717, 1.165) is 58.5 Å². The van der Waals surface area contributed by atoms with Crippen molar-refractivity contribution in [1.82, 2.24) is 10.4 Å². The zero-order valence-electron chi connectivity index (χ0n) is 22.9. The summed E-state index contributed by atoms with van der Waals surface area (Å²) in [6.07, 6.45) is 14.6. The number of nitrogens with zero attached hydrogens (tertiary/aromatic N) is 2. The molecule has 1 aromatic heterocycles. The number of rotatable bonds is 9. The zero-order valence-corrected chi connectivity index (χ0v) is 22.9. The monoisotopic (exact) mass is 510 g/mol. The summed E-state index contributed by atoms with van der Waals surface area (Å²) >= 11 is 0. The fourth-order valence-electron chi connectivity index (χ4n) is 3.78. The van der Waals surface area contributed by atoms with Gasteiger partial charge in [0.1, 0.15) is 11.7 Å². The normalized spacial score (nSPS) is 19.1. The minimum atomic E-state index is -2.90. The van der Waals surface area contributed by atoms with Crippen molar-refractivity contribution >= 4 is 23.5 Å². The number of allylic oxidation sites excluding steroid dienone is 8. The molecule has 7 heteroatoms. The number of aryl methyl sites for hydroxylation is 1. The smallest absolute Gasteiger partial charge is 0.260 e. The van der Waals surface area contributed by atoms with E-state index in [1.54, 1.807) is 12.3 Å². The molecular formula is C30H40F2N4O. The first-order valence-corrected chi connectivity index (χ1v) is 12.9. The van der Waals surface area contributed by atoms with Crippen molar-refractivity contribution < 1.29 is 13.6 Å². The number of alkyl halides is 2. The molecular weight excluding hydrogens is 470 g/mol. The summed E-state index contributed by atoms with van der Waals surface area (Å²) in [5.41, 5.74) is 9.72. The first-order valence-electron chi connectivity index (χ1n) is 12.9. The Balaban J connectivity index is 0.00000153. The second-order valence-electron chi connectivity index (χ2n) is 9.32. The first-order chi connectivity index (χ1) is 17.6. The zero-order chi connectivity index (χ0) is 27.6. The van der Waals surface area contributed by atoms with E-state index >= 15 is 0 Å². The van der Waals surface area contributed by atoms with Gasteiger partial charge < -0.3 is 10.7 Å². The van der Waals surface area contributed by atoms with Crippen LogP contribution in [0.4, 0.5) is 14.6 Å². The summed E-state index contributed by atoms with van der Waals surface area (Å²) in [4.78, 5) is 16.3. The number of carbonyl (C=O) groups excluding carboxylic acids is 1. The van der Waals surface area contributed by atoms with Crippen LogP contribution in [0.1, 0.15) is 71.4 Å². The molecule has 3 rings (SSSR count). The fourth-order valence-corrected chi connectivity index (χ4v) is 3.78. The van der Waals surface area contributed by atoms with Crippen LogP contribution >= 0.6 is 0 Å². The van der Waals surface area contributed by atoms with Gasteiger partial charge in [-0.25, -0.2) is 13.8 Å². The highest BCUT2D eigenvalue weighted by Crippen LogP contribution is 2.49. The molecule has 1 aromatic rings. The minimum Gasteiger partial charge on any atom is -0.310 e. The van der Waals surface area contributed by atoms with E-state index in [1.165, 1.54) is 6.42 Å². The van der Waals surface area contributed by atoms with Crippen molar-refractivity contribution in [2.45, 2.75) is 73.1 Å². The highest BCUT2D eigenvalue weighted by Gasteiger charge is 2.61. The summed E-state index contributed by atoms with van der Waals surface area (Å²) in [5.74, 6) is -4.57. The van der Waals surface area contributed by atoms with Crippen LogP contribution in [0.5, 0.6) is 0 Å². The standard InChI is InChI=1S/C27H32F2N4O.C3H8/c1-6-8-9-20(22(7-2)18(4)12-19(5)24-10-11-31-33-24)14-21-16-30-25(13-17(21)3)32-26(34)23-15-27(23,28)29;1-3-2/h7-9,12-14,16,23,31H,5-6,10-11,15H2,1-4H3,(H,30,32,34);3H2,1-2H3/b9-8+,18-12-,20-14+,22-7+;. The molecule has 2 heterocycles. The third kappa shape index (κ3) is 8.62. The van der Waals surface area contributed by atoms with Crippen molar-refractivity contribution in [3.05, 3.63) is 76.6 Å². The number of anilines is 1. The van der Waals surface area contributed by atoms with E-state index in [4.69, 9.17) is 0 Å².